The molecule has 0 saturated carbocycles. The zero-order chi connectivity index (χ0) is 13.1. The van der Waals surface area contributed by atoms with E-state index in [0.717, 1.165) is 18.4 Å². The molecule has 0 spiro atoms. The molecule has 2 aromatic rings. The van der Waals surface area contributed by atoms with Crippen molar-refractivity contribution in [3.63, 3.8) is 0 Å². The summed E-state index contributed by atoms with van der Waals surface area (Å²) in [7, 11) is 2.15. The van der Waals surface area contributed by atoms with Gasteiger partial charge < -0.3 is 10.0 Å². The zero-order valence-corrected chi connectivity index (χ0v) is 12.6. The molecule has 0 atom stereocenters. The molecule has 104 valence electrons. The molecule has 2 rings (SSSR count). The fourth-order valence-electron chi connectivity index (χ4n) is 2.10. The summed E-state index contributed by atoms with van der Waals surface area (Å²) in [6, 6.07) is 12.5. The molecular formula is C16H22ClNO. The predicted octanol–water partition coefficient (Wildman–Crippen LogP) is 3.85. The van der Waals surface area contributed by atoms with Gasteiger partial charge in [0, 0.05) is 12.6 Å². The van der Waals surface area contributed by atoms with Crippen LogP contribution in [-0.4, -0.2) is 29.6 Å². The van der Waals surface area contributed by atoms with Gasteiger partial charge in [-0.2, -0.15) is 0 Å². The van der Waals surface area contributed by atoms with Crippen molar-refractivity contribution in [2.75, 3.05) is 13.6 Å². The standard InChI is InChI=1S/C16H21NO.ClH/c1-12(2)17(3)10-9-14-6-4-5-13-7-8-15(18)11-16(13)14;/h4-8,11-12,18H,9-10H2,1-3H3;1H. The molecule has 2 aromatic carbocycles. The summed E-state index contributed by atoms with van der Waals surface area (Å²) in [6.07, 6.45) is 1.01. The Morgan fingerprint density at radius 1 is 1.16 bits per heavy atom. The van der Waals surface area contributed by atoms with E-state index in [-0.39, 0.29) is 12.4 Å². The zero-order valence-electron chi connectivity index (χ0n) is 11.8. The van der Waals surface area contributed by atoms with Crippen LogP contribution in [0, 0.1) is 0 Å². The molecule has 19 heavy (non-hydrogen) atoms. The third-order valence-corrected chi connectivity index (χ3v) is 3.57. The topological polar surface area (TPSA) is 23.5 Å². The average molecular weight is 280 g/mol. The van der Waals surface area contributed by atoms with Gasteiger partial charge in [0.2, 0.25) is 0 Å². The second-order valence-corrected chi connectivity index (χ2v) is 5.15. The second kappa shape index (κ2) is 6.78. The summed E-state index contributed by atoms with van der Waals surface area (Å²) in [5.74, 6) is 0.340. The van der Waals surface area contributed by atoms with Gasteiger partial charge in [0.1, 0.15) is 5.75 Å². The van der Waals surface area contributed by atoms with Gasteiger partial charge in [-0.25, -0.2) is 0 Å². The number of likely N-dealkylation sites (N-methyl/N-ethyl adjacent to an activating group) is 1. The first kappa shape index (κ1) is 15.8. The highest BCUT2D eigenvalue weighted by Gasteiger charge is 2.06. The number of aromatic hydroxyl groups is 1. The van der Waals surface area contributed by atoms with Crippen molar-refractivity contribution in [2.24, 2.45) is 0 Å². The van der Waals surface area contributed by atoms with E-state index in [1.54, 1.807) is 6.07 Å². The molecule has 0 bridgehead atoms. The number of hydrogen-bond acceptors (Lipinski definition) is 2. The highest BCUT2D eigenvalue weighted by molar-refractivity contribution is 5.87. The van der Waals surface area contributed by atoms with E-state index >= 15 is 0 Å². The maximum Gasteiger partial charge on any atom is 0.116 e. The number of phenolic OH excluding ortho intramolecular Hbond substituents is 1. The molecule has 0 aliphatic heterocycles. The lowest BCUT2D eigenvalue weighted by molar-refractivity contribution is 0.278. The van der Waals surface area contributed by atoms with Crippen molar-refractivity contribution in [1.82, 2.24) is 4.90 Å². The Balaban J connectivity index is 0.00000180. The number of hydrogen-bond donors (Lipinski definition) is 1. The van der Waals surface area contributed by atoms with Crippen LogP contribution in [0.15, 0.2) is 36.4 Å². The summed E-state index contributed by atoms with van der Waals surface area (Å²) in [5.41, 5.74) is 1.30. The van der Waals surface area contributed by atoms with E-state index in [2.05, 4.69) is 44.0 Å². The van der Waals surface area contributed by atoms with Crippen LogP contribution in [0.2, 0.25) is 0 Å². The van der Waals surface area contributed by atoms with Gasteiger partial charge in [-0.05, 0) is 55.8 Å². The molecule has 0 heterocycles. The van der Waals surface area contributed by atoms with Crippen molar-refractivity contribution in [3.8, 4) is 5.75 Å². The molecule has 0 fully saturated rings. The molecular weight excluding hydrogens is 258 g/mol. The molecule has 0 amide bonds. The molecule has 0 radical (unpaired) electrons. The summed E-state index contributed by atoms with van der Waals surface area (Å²) in [5, 5.41) is 12.0. The van der Waals surface area contributed by atoms with Crippen molar-refractivity contribution in [2.45, 2.75) is 26.3 Å². The number of fused-ring (bicyclic) bond motifs is 1. The first-order valence-electron chi connectivity index (χ1n) is 6.49. The van der Waals surface area contributed by atoms with Crippen LogP contribution in [0.5, 0.6) is 5.75 Å². The smallest absolute Gasteiger partial charge is 0.116 e. The fourth-order valence-corrected chi connectivity index (χ4v) is 2.10. The molecule has 0 aliphatic carbocycles. The Labute approximate surface area is 121 Å². The van der Waals surface area contributed by atoms with Crippen LogP contribution in [0.3, 0.4) is 0 Å². The number of nitrogens with zero attached hydrogens (tertiary/aromatic N) is 1. The normalized spacial score (nSPS) is 11.0. The van der Waals surface area contributed by atoms with E-state index in [9.17, 15) is 5.11 Å². The van der Waals surface area contributed by atoms with Crippen LogP contribution in [0.4, 0.5) is 0 Å². The Bertz CT molecular complexity index is 539. The first-order chi connectivity index (χ1) is 8.58. The molecule has 0 saturated heterocycles. The van der Waals surface area contributed by atoms with Crippen LogP contribution < -0.4 is 0 Å². The maximum atomic E-state index is 9.61. The Morgan fingerprint density at radius 3 is 2.58 bits per heavy atom. The summed E-state index contributed by atoms with van der Waals surface area (Å²) in [4.78, 5) is 2.33. The predicted molar refractivity (Wildman–Crippen MR) is 84.3 cm³/mol. The molecule has 0 aliphatic rings. The Hall–Kier alpha value is -1.25. The van der Waals surface area contributed by atoms with Gasteiger partial charge in [-0.1, -0.05) is 24.3 Å². The second-order valence-electron chi connectivity index (χ2n) is 5.15. The van der Waals surface area contributed by atoms with E-state index in [0.29, 0.717) is 11.8 Å². The van der Waals surface area contributed by atoms with Crippen molar-refractivity contribution >= 4 is 23.2 Å². The minimum Gasteiger partial charge on any atom is -0.508 e. The third kappa shape index (κ3) is 3.85. The van der Waals surface area contributed by atoms with E-state index in [4.69, 9.17) is 0 Å². The Kier molecular flexibility index (Phi) is 5.64. The highest BCUT2D eigenvalue weighted by atomic mass is 35.5. The lowest BCUT2D eigenvalue weighted by Gasteiger charge is -2.21. The van der Waals surface area contributed by atoms with Crippen molar-refractivity contribution < 1.29 is 5.11 Å². The minimum absolute atomic E-state index is 0. The van der Waals surface area contributed by atoms with Gasteiger partial charge in [-0.15, -0.1) is 12.4 Å². The lowest BCUT2D eigenvalue weighted by atomic mass is 10.0. The SMILES string of the molecule is CC(C)N(C)CCc1cccc2ccc(O)cc12.Cl. The fraction of sp³-hybridized carbons (Fsp3) is 0.375. The summed E-state index contributed by atoms with van der Waals surface area (Å²) < 4.78 is 0. The monoisotopic (exact) mass is 279 g/mol. The average Bonchev–Trinajstić information content (AvgIpc) is 2.35. The highest BCUT2D eigenvalue weighted by Crippen LogP contribution is 2.23. The van der Waals surface area contributed by atoms with Gasteiger partial charge in [0.15, 0.2) is 0 Å². The third-order valence-electron chi connectivity index (χ3n) is 3.57. The van der Waals surface area contributed by atoms with Gasteiger partial charge >= 0.3 is 0 Å². The van der Waals surface area contributed by atoms with Gasteiger partial charge in [-0.3, -0.25) is 0 Å². The van der Waals surface area contributed by atoms with Gasteiger partial charge in [0.25, 0.3) is 0 Å². The van der Waals surface area contributed by atoms with E-state index < -0.39 is 0 Å². The maximum absolute atomic E-state index is 9.61. The first-order valence-corrected chi connectivity index (χ1v) is 6.49. The summed E-state index contributed by atoms with van der Waals surface area (Å²) >= 11 is 0. The number of phenols is 1. The number of halogens is 1. The molecule has 0 unspecified atom stereocenters. The van der Waals surface area contributed by atoms with E-state index in [1.807, 2.05) is 12.1 Å². The van der Waals surface area contributed by atoms with Crippen LogP contribution in [0.1, 0.15) is 19.4 Å². The minimum atomic E-state index is 0. The summed E-state index contributed by atoms with van der Waals surface area (Å²) in [6.45, 7) is 5.44. The largest absolute Gasteiger partial charge is 0.508 e. The van der Waals surface area contributed by atoms with Crippen LogP contribution >= 0.6 is 12.4 Å². The van der Waals surface area contributed by atoms with Gasteiger partial charge in [0.05, 0.1) is 0 Å². The van der Waals surface area contributed by atoms with Crippen molar-refractivity contribution in [3.05, 3.63) is 42.0 Å². The quantitative estimate of drug-likeness (QED) is 0.919. The van der Waals surface area contributed by atoms with E-state index in [1.165, 1.54) is 10.9 Å². The number of rotatable bonds is 4. The lowest BCUT2D eigenvalue weighted by Crippen LogP contribution is -2.28. The van der Waals surface area contributed by atoms with Crippen molar-refractivity contribution in [1.29, 1.82) is 0 Å². The molecule has 3 heteroatoms. The van der Waals surface area contributed by atoms with Crippen LogP contribution in [-0.2, 0) is 6.42 Å². The number of benzene rings is 2. The molecule has 2 nitrogen and oxygen atoms in total. The molecule has 1 N–H and O–H groups in total. The van der Waals surface area contributed by atoms with Crippen LogP contribution in [0.25, 0.3) is 10.8 Å². The molecule has 0 aromatic heterocycles. The Morgan fingerprint density at radius 2 is 1.89 bits per heavy atom.